The smallest absolute Gasteiger partial charge is 0.327 e. The van der Waals surface area contributed by atoms with Crippen molar-refractivity contribution in [2.75, 3.05) is 5.75 Å². The highest BCUT2D eigenvalue weighted by molar-refractivity contribution is 7.85. The van der Waals surface area contributed by atoms with Crippen LogP contribution < -0.4 is 5.32 Å². The third-order valence-corrected chi connectivity index (χ3v) is 3.14. The second-order valence-corrected chi connectivity index (χ2v) is 4.71. The Morgan fingerprint density at radius 1 is 1.60 bits per heavy atom. The van der Waals surface area contributed by atoms with Crippen LogP contribution in [-0.4, -0.2) is 38.2 Å². The molecule has 0 heterocycles. The molecule has 2 unspecified atom stereocenters. The number of rotatable bonds is 5. The molecule has 0 aromatic rings. The lowest BCUT2D eigenvalue weighted by Gasteiger charge is -2.13. The van der Waals surface area contributed by atoms with E-state index in [4.69, 9.17) is 10.4 Å². The molecular weight excluding hydrogens is 220 g/mol. The lowest BCUT2D eigenvalue weighted by atomic mass is 10.3. The summed E-state index contributed by atoms with van der Waals surface area (Å²) in [5, 5.41) is 18.6. The van der Waals surface area contributed by atoms with Gasteiger partial charge in [0.15, 0.2) is 0 Å². The average molecular weight is 232 g/mol. The van der Waals surface area contributed by atoms with Gasteiger partial charge in [-0.2, -0.15) is 5.26 Å². The summed E-state index contributed by atoms with van der Waals surface area (Å²) in [7, 11) is -1.59. The number of hydrogen-bond acceptors (Lipinski definition) is 4. The molecule has 0 saturated heterocycles. The molecule has 0 aliphatic rings. The first kappa shape index (κ1) is 13.6. The summed E-state index contributed by atoms with van der Waals surface area (Å²) in [5.74, 6) is -2.03. The van der Waals surface area contributed by atoms with Crippen LogP contribution in [0, 0.1) is 11.3 Å². The standard InChI is InChI=1S/C8H12N2O4S/c1-5(3-9)15(14)4-7(8(12)13)10-6(2)11/h5,7H,4H2,1-2H3,(H,10,11)(H,12,13)/t5?,7-,15?/m0/s1. The molecule has 0 spiro atoms. The monoisotopic (exact) mass is 232 g/mol. The molecule has 0 radical (unpaired) electrons. The third-order valence-electron chi connectivity index (χ3n) is 1.58. The van der Waals surface area contributed by atoms with Crippen LogP contribution in [0.5, 0.6) is 0 Å². The second kappa shape index (κ2) is 6.14. The van der Waals surface area contributed by atoms with Gasteiger partial charge in [0.2, 0.25) is 5.91 Å². The minimum absolute atomic E-state index is 0.260. The van der Waals surface area contributed by atoms with Crippen LogP contribution in [0.25, 0.3) is 0 Å². The summed E-state index contributed by atoms with van der Waals surface area (Å²) in [6.07, 6.45) is 0. The SMILES string of the molecule is CC(=O)N[C@@H](CS(=O)C(C)C#N)C(=O)O. The first-order valence-electron chi connectivity index (χ1n) is 4.15. The molecule has 0 aromatic heterocycles. The van der Waals surface area contributed by atoms with Crippen LogP contribution in [0.2, 0.25) is 0 Å². The van der Waals surface area contributed by atoms with Crippen LogP contribution in [0.4, 0.5) is 0 Å². The molecule has 0 bridgehead atoms. The number of nitriles is 1. The largest absolute Gasteiger partial charge is 0.480 e. The predicted octanol–water partition coefficient (Wildman–Crippen LogP) is -0.764. The quantitative estimate of drug-likeness (QED) is 0.647. The Balaban J connectivity index is 4.43. The number of carbonyl (C=O) groups is 2. The number of nitrogens with one attached hydrogen (secondary N) is 1. The molecule has 84 valence electrons. The Labute approximate surface area is 89.7 Å². The second-order valence-electron chi connectivity index (χ2n) is 2.91. The van der Waals surface area contributed by atoms with Gasteiger partial charge < -0.3 is 10.4 Å². The summed E-state index contributed by atoms with van der Waals surface area (Å²) in [4.78, 5) is 21.3. The first-order valence-corrected chi connectivity index (χ1v) is 5.53. The Kier molecular flexibility index (Phi) is 5.56. The molecule has 0 saturated carbocycles. The normalized spacial score (nSPS) is 15.8. The van der Waals surface area contributed by atoms with Gasteiger partial charge >= 0.3 is 5.97 Å². The molecule has 0 aromatic carbocycles. The number of carbonyl (C=O) groups excluding carboxylic acids is 1. The molecule has 15 heavy (non-hydrogen) atoms. The van der Waals surface area contributed by atoms with Crippen molar-refractivity contribution in [1.82, 2.24) is 5.32 Å². The Morgan fingerprint density at radius 2 is 2.13 bits per heavy atom. The molecule has 0 fully saturated rings. The van der Waals surface area contributed by atoms with Gasteiger partial charge in [0.1, 0.15) is 11.3 Å². The van der Waals surface area contributed by atoms with Gasteiger partial charge in [-0.05, 0) is 6.92 Å². The van der Waals surface area contributed by atoms with Crippen LogP contribution in [0.15, 0.2) is 0 Å². The van der Waals surface area contributed by atoms with E-state index in [1.54, 1.807) is 6.07 Å². The molecule has 2 N–H and O–H groups in total. The predicted molar refractivity (Wildman–Crippen MR) is 53.3 cm³/mol. The van der Waals surface area contributed by atoms with E-state index in [0.717, 1.165) is 0 Å². The number of carboxylic acids is 1. The van der Waals surface area contributed by atoms with E-state index in [9.17, 15) is 13.8 Å². The summed E-state index contributed by atoms with van der Waals surface area (Å²) >= 11 is 0. The van der Waals surface area contributed by atoms with E-state index in [1.807, 2.05) is 0 Å². The Morgan fingerprint density at radius 3 is 2.47 bits per heavy atom. The number of aliphatic carboxylic acids is 1. The summed E-state index contributed by atoms with van der Waals surface area (Å²) in [5.41, 5.74) is 0. The van der Waals surface area contributed by atoms with Crippen molar-refractivity contribution in [3.8, 4) is 6.07 Å². The first-order chi connectivity index (χ1) is 6.88. The molecule has 0 aliphatic heterocycles. The van der Waals surface area contributed by atoms with E-state index < -0.39 is 34.0 Å². The van der Waals surface area contributed by atoms with Crippen molar-refractivity contribution >= 4 is 22.7 Å². The maximum absolute atomic E-state index is 11.3. The van der Waals surface area contributed by atoms with Gasteiger partial charge in [-0.25, -0.2) is 4.79 Å². The lowest BCUT2D eigenvalue weighted by molar-refractivity contribution is -0.140. The minimum atomic E-state index is -1.59. The van der Waals surface area contributed by atoms with Crippen LogP contribution in [-0.2, 0) is 20.4 Å². The number of nitrogens with zero attached hydrogens (tertiary/aromatic N) is 1. The van der Waals surface area contributed by atoms with Crippen molar-refractivity contribution in [3.63, 3.8) is 0 Å². The van der Waals surface area contributed by atoms with E-state index in [0.29, 0.717) is 0 Å². The zero-order valence-electron chi connectivity index (χ0n) is 8.39. The maximum atomic E-state index is 11.3. The van der Waals surface area contributed by atoms with Gasteiger partial charge in [-0.1, -0.05) is 0 Å². The third kappa shape index (κ3) is 5.12. The van der Waals surface area contributed by atoms with Gasteiger partial charge in [0, 0.05) is 17.7 Å². The zero-order valence-corrected chi connectivity index (χ0v) is 9.21. The fourth-order valence-electron chi connectivity index (χ4n) is 0.787. The zero-order chi connectivity index (χ0) is 12.0. The fraction of sp³-hybridized carbons (Fsp3) is 0.625. The Hall–Kier alpha value is -1.42. The highest BCUT2D eigenvalue weighted by Gasteiger charge is 2.23. The average Bonchev–Trinajstić information content (AvgIpc) is 2.14. The highest BCUT2D eigenvalue weighted by atomic mass is 32.2. The molecular formula is C8H12N2O4S. The van der Waals surface area contributed by atoms with Crippen LogP contribution >= 0.6 is 0 Å². The molecule has 0 rings (SSSR count). The van der Waals surface area contributed by atoms with Gasteiger partial charge in [-0.15, -0.1) is 0 Å². The van der Waals surface area contributed by atoms with Gasteiger partial charge in [0.05, 0.1) is 11.8 Å². The topological polar surface area (TPSA) is 107 Å². The molecule has 1 amide bonds. The van der Waals surface area contributed by atoms with Crippen molar-refractivity contribution < 1.29 is 18.9 Å². The minimum Gasteiger partial charge on any atom is -0.480 e. The molecule has 6 nitrogen and oxygen atoms in total. The van der Waals surface area contributed by atoms with Crippen LogP contribution in [0.1, 0.15) is 13.8 Å². The van der Waals surface area contributed by atoms with Gasteiger partial charge in [0.25, 0.3) is 0 Å². The van der Waals surface area contributed by atoms with Crippen molar-refractivity contribution in [2.24, 2.45) is 0 Å². The van der Waals surface area contributed by atoms with Crippen LogP contribution in [0.3, 0.4) is 0 Å². The van der Waals surface area contributed by atoms with Crippen molar-refractivity contribution in [1.29, 1.82) is 5.26 Å². The number of hydrogen-bond donors (Lipinski definition) is 2. The highest BCUT2D eigenvalue weighted by Crippen LogP contribution is 1.98. The van der Waals surface area contributed by atoms with E-state index >= 15 is 0 Å². The van der Waals surface area contributed by atoms with Gasteiger partial charge in [-0.3, -0.25) is 9.00 Å². The van der Waals surface area contributed by atoms with E-state index in [1.165, 1.54) is 13.8 Å². The lowest BCUT2D eigenvalue weighted by Crippen LogP contribution is -2.44. The molecule has 7 heteroatoms. The molecule has 3 atom stereocenters. The summed E-state index contributed by atoms with van der Waals surface area (Å²) in [6.45, 7) is 2.61. The summed E-state index contributed by atoms with van der Waals surface area (Å²) in [6, 6.07) is 0.547. The van der Waals surface area contributed by atoms with Crippen molar-refractivity contribution in [2.45, 2.75) is 25.1 Å². The summed E-state index contributed by atoms with van der Waals surface area (Å²) < 4.78 is 11.3. The Bertz CT molecular complexity index is 323. The number of amides is 1. The molecule has 0 aliphatic carbocycles. The number of carboxylic acid groups (broad SMARTS) is 1. The maximum Gasteiger partial charge on any atom is 0.327 e. The fourth-order valence-corrected chi connectivity index (χ4v) is 1.75. The van der Waals surface area contributed by atoms with Crippen molar-refractivity contribution in [3.05, 3.63) is 0 Å². The van der Waals surface area contributed by atoms with E-state index in [-0.39, 0.29) is 5.75 Å². The van der Waals surface area contributed by atoms with E-state index in [2.05, 4.69) is 5.32 Å².